The van der Waals surface area contributed by atoms with Crippen molar-refractivity contribution in [2.45, 2.75) is 13.5 Å². The Morgan fingerprint density at radius 3 is 2.54 bits per heavy atom. The molecule has 0 saturated carbocycles. The van der Waals surface area contributed by atoms with Gasteiger partial charge in [-0.15, -0.1) is 5.73 Å². The van der Waals surface area contributed by atoms with Crippen LogP contribution in [0.15, 0.2) is 41.5 Å². The van der Waals surface area contributed by atoms with Crippen LogP contribution in [0.3, 0.4) is 0 Å². The SMILES string of the molecule is C=C=CC(=O)N1CCN(c2cc3c(cc2F)c(=O)c(C(=O)O)cn3CC)CC1. The van der Waals surface area contributed by atoms with Crippen LogP contribution in [0.25, 0.3) is 10.9 Å². The molecule has 0 aliphatic carbocycles. The standard InChI is InChI=1S/C20H20FN3O4/c1-3-5-18(25)24-8-6-23(7-9-24)17-11-16-13(10-15(17)21)19(26)14(20(27)28)12-22(16)4-2/h5,10-12H,1,4,6-9H2,2H3,(H,27,28). The second kappa shape index (κ2) is 7.70. The lowest BCUT2D eigenvalue weighted by atomic mass is 10.1. The number of hydrogen-bond acceptors (Lipinski definition) is 4. The first kappa shape index (κ1) is 19.4. The predicted molar refractivity (Wildman–Crippen MR) is 103 cm³/mol. The van der Waals surface area contributed by atoms with Crippen LogP contribution in [0.4, 0.5) is 10.1 Å². The minimum absolute atomic E-state index is 0.0351. The van der Waals surface area contributed by atoms with Gasteiger partial charge in [-0.3, -0.25) is 9.59 Å². The fourth-order valence-electron chi connectivity index (χ4n) is 3.40. The number of carbonyl (C=O) groups excluding carboxylic acids is 1. The molecule has 1 fully saturated rings. The molecule has 1 N–H and O–H groups in total. The van der Waals surface area contributed by atoms with Gasteiger partial charge < -0.3 is 19.5 Å². The molecule has 8 heteroatoms. The minimum atomic E-state index is -1.34. The molecule has 0 atom stereocenters. The van der Waals surface area contributed by atoms with E-state index in [-0.39, 0.29) is 16.9 Å². The Morgan fingerprint density at radius 1 is 1.29 bits per heavy atom. The lowest BCUT2D eigenvalue weighted by molar-refractivity contribution is -0.126. The normalized spacial score (nSPS) is 14.1. The first-order valence-corrected chi connectivity index (χ1v) is 8.87. The second-order valence-electron chi connectivity index (χ2n) is 6.44. The highest BCUT2D eigenvalue weighted by Crippen LogP contribution is 2.26. The lowest BCUT2D eigenvalue weighted by Crippen LogP contribution is -2.48. The second-order valence-corrected chi connectivity index (χ2v) is 6.44. The number of halogens is 1. The molecule has 1 aromatic heterocycles. The maximum absolute atomic E-state index is 14.8. The van der Waals surface area contributed by atoms with Crippen molar-refractivity contribution in [1.82, 2.24) is 9.47 Å². The summed E-state index contributed by atoms with van der Waals surface area (Å²) in [5, 5.41) is 9.26. The summed E-state index contributed by atoms with van der Waals surface area (Å²) in [6.45, 7) is 7.34. The highest BCUT2D eigenvalue weighted by Gasteiger charge is 2.23. The maximum Gasteiger partial charge on any atom is 0.341 e. The Bertz CT molecular complexity index is 1060. The Labute approximate surface area is 160 Å². The number of pyridine rings is 1. The van der Waals surface area contributed by atoms with Gasteiger partial charge in [0, 0.05) is 50.4 Å². The van der Waals surface area contributed by atoms with E-state index in [0.717, 1.165) is 6.07 Å². The maximum atomic E-state index is 14.8. The molecular weight excluding hydrogens is 365 g/mol. The van der Waals surface area contributed by atoms with Gasteiger partial charge >= 0.3 is 5.97 Å². The van der Waals surface area contributed by atoms with E-state index < -0.39 is 17.2 Å². The summed E-state index contributed by atoms with van der Waals surface area (Å²) < 4.78 is 16.4. The van der Waals surface area contributed by atoms with Crippen LogP contribution in [-0.2, 0) is 11.3 Å². The van der Waals surface area contributed by atoms with Crippen LogP contribution in [0.5, 0.6) is 0 Å². The van der Waals surface area contributed by atoms with Crippen LogP contribution >= 0.6 is 0 Å². The highest BCUT2D eigenvalue weighted by molar-refractivity contribution is 5.93. The fourth-order valence-corrected chi connectivity index (χ4v) is 3.40. The van der Waals surface area contributed by atoms with E-state index in [9.17, 15) is 23.9 Å². The smallest absolute Gasteiger partial charge is 0.341 e. The average molecular weight is 385 g/mol. The van der Waals surface area contributed by atoms with Crippen molar-refractivity contribution in [2.75, 3.05) is 31.1 Å². The van der Waals surface area contributed by atoms with E-state index in [2.05, 4.69) is 12.3 Å². The van der Waals surface area contributed by atoms with E-state index in [0.29, 0.717) is 43.9 Å². The van der Waals surface area contributed by atoms with Crippen LogP contribution in [0.2, 0.25) is 0 Å². The summed E-state index contributed by atoms with van der Waals surface area (Å²) in [6.07, 6.45) is 2.55. The Kier molecular flexibility index (Phi) is 5.33. The van der Waals surface area contributed by atoms with Crippen molar-refractivity contribution >= 4 is 28.5 Å². The third-order valence-corrected chi connectivity index (χ3v) is 4.88. The molecule has 0 radical (unpaired) electrons. The van der Waals surface area contributed by atoms with E-state index in [1.54, 1.807) is 15.5 Å². The third-order valence-electron chi connectivity index (χ3n) is 4.88. The molecule has 2 heterocycles. The zero-order chi connectivity index (χ0) is 20.4. The molecule has 1 amide bonds. The summed E-state index contributed by atoms with van der Waals surface area (Å²) in [5.74, 6) is -2.12. The van der Waals surface area contributed by atoms with Crippen LogP contribution in [-0.4, -0.2) is 52.6 Å². The van der Waals surface area contributed by atoms with Gasteiger partial charge in [0.1, 0.15) is 11.4 Å². The number of rotatable bonds is 4. The summed E-state index contributed by atoms with van der Waals surface area (Å²) >= 11 is 0. The van der Waals surface area contributed by atoms with E-state index in [4.69, 9.17) is 0 Å². The first-order valence-electron chi connectivity index (χ1n) is 8.87. The van der Waals surface area contributed by atoms with Gasteiger partial charge in [-0.25, -0.2) is 9.18 Å². The molecule has 2 aromatic rings. The minimum Gasteiger partial charge on any atom is -0.477 e. The molecule has 1 saturated heterocycles. The molecule has 0 spiro atoms. The van der Waals surface area contributed by atoms with Gasteiger partial charge in [-0.1, -0.05) is 6.58 Å². The number of nitrogens with zero attached hydrogens (tertiary/aromatic N) is 3. The summed E-state index contributed by atoms with van der Waals surface area (Å²) in [5.41, 5.74) is 2.16. The summed E-state index contributed by atoms with van der Waals surface area (Å²) in [4.78, 5) is 39.1. The number of aromatic nitrogens is 1. The summed E-state index contributed by atoms with van der Waals surface area (Å²) in [7, 11) is 0. The molecule has 28 heavy (non-hydrogen) atoms. The monoisotopic (exact) mass is 385 g/mol. The van der Waals surface area contributed by atoms with Crippen LogP contribution in [0.1, 0.15) is 17.3 Å². The quantitative estimate of drug-likeness (QED) is 0.642. The Hall–Kier alpha value is -3.38. The first-order chi connectivity index (χ1) is 13.4. The number of carbonyl (C=O) groups is 2. The van der Waals surface area contributed by atoms with E-state index in [1.807, 2.05) is 11.8 Å². The van der Waals surface area contributed by atoms with E-state index >= 15 is 0 Å². The van der Waals surface area contributed by atoms with Gasteiger partial charge in [0.2, 0.25) is 5.43 Å². The van der Waals surface area contributed by atoms with Crippen molar-refractivity contribution in [3.05, 3.63) is 58.3 Å². The molecular formula is C20H20FN3O4. The third kappa shape index (κ3) is 3.42. The number of anilines is 1. The van der Waals surface area contributed by atoms with Crippen LogP contribution in [0, 0.1) is 5.82 Å². The number of piperazine rings is 1. The zero-order valence-corrected chi connectivity index (χ0v) is 15.4. The molecule has 1 aliphatic heterocycles. The number of hydrogen-bond donors (Lipinski definition) is 1. The van der Waals surface area contributed by atoms with Crippen molar-refractivity contribution in [3.63, 3.8) is 0 Å². The zero-order valence-electron chi connectivity index (χ0n) is 15.4. The number of carboxylic acid groups (broad SMARTS) is 1. The van der Waals surface area contributed by atoms with Crippen LogP contribution < -0.4 is 10.3 Å². The number of fused-ring (bicyclic) bond motifs is 1. The molecule has 7 nitrogen and oxygen atoms in total. The van der Waals surface area contributed by atoms with Gasteiger partial charge in [0.15, 0.2) is 0 Å². The number of carboxylic acids is 1. The molecule has 1 aliphatic rings. The molecule has 1 aromatic carbocycles. The topological polar surface area (TPSA) is 82.8 Å². The largest absolute Gasteiger partial charge is 0.477 e. The van der Waals surface area contributed by atoms with E-state index in [1.165, 1.54) is 12.3 Å². The number of aryl methyl sites for hydroxylation is 1. The highest BCUT2D eigenvalue weighted by atomic mass is 19.1. The van der Waals surface area contributed by atoms with Crippen molar-refractivity contribution < 1.29 is 19.1 Å². The van der Waals surface area contributed by atoms with Gasteiger partial charge in [-0.05, 0) is 19.1 Å². The predicted octanol–water partition coefficient (Wildman–Crippen LogP) is 1.85. The summed E-state index contributed by atoms with van der Waals surface area (Å²) in [6, 6.07) is 2.67. The fraction of sp³-hybridized carbons (Fsp3) is 0.300. The Balaban J connectivity index is 2.00. The molecule has 3 rings (SSSR count). The lowest BCUT2D eigenvalue weighted by Gasteiger charge is -2.35. The molecule has 0 bridgehead atoms. The molecule has 146 valence electrons. The van der Waals surface area contributed by atoms with Gasteiger partial charge in [0.25, 0.3) is 5.91 Å². The average Bonchev–Trinajstić information content (AvgIpc) is 2.68. The van der Waals surface area contributed by atoms with Gasteiger partial charge in [-0.2, -0.15) is 0 Å². The van der Waals surface area contributed by atoms with Crippen molar-refractivity contribution in [1.29, 1.82) is 0 Å². The Morgan fingerprint density at radius 2 is 1.96 bits per heavy atom. The number of aromatic carboxylic acids is 1. The number of amides is 1. The molecule has 0 unspecified atom stereocenters. The van der Waals surface area contributed by atoms with Gasteiger partial charge in [0.05, 0.1) is 11.2 Å². The van der Waals surface area contributed by atoms with Crippen molar-refractivity contribution in [2.24, 2.45) is 0 Å². The van der Waals surface area contributed by atoms with Crippen molar-refractivity contribution in [3.8, 4) is 0 Å². The number of benzene rings is 1.